The lowest BCUT2D eigenvalue weighted by atomic mass is 10.1. The Balaban J connectivity index is 1.29. The lowest BCUT2D eigenvalue weighted by molar-refractivity contribution is -0.133. The first-order chi connectivity index (χ1) is 14.1. The van der Waals surface area contributed by atoms with Crippen LogP contribution in [0, 0.1) is 13.8 Å². The quantitative estimate of drug-likeness (QED) is 0.665. The number of hydrogen-bond donors (Lipinski definition) is 0. The zero-order chi connectivity index (χ0) is 20.2. The minimum atomic E-state index is 0.0222. The van der Waals surface area contributed by atoms with Gasteiger partial charge in [0.2, 0.25) is 11.7 Å². The van der Waals surface area contributed by atoms with Gasteiger partial charge in [0.05, 0.1) is 0 Å². The van der Waals surface area contributed by atoms with Gasteiger partial charge in [-0.25, -0.2) is 0 Å². The monoisotopic (exact) mass is 392 g/mol. The van der Waals surface area contributed by atoms with Crippen LogP contribution in [-0.2, 0) is 4.79 Å². The van der Waals surface area contributed by atoms with Gasteiger partial charge in [-0.2, -0.15) is 4.98 Å². The third-order valence-corrected chi connectivity index (χ3v) is 5.00. The summed E-state index contributed by atoms with van der Waals surface area (Å²) in [6.45, 7) is 6.79. The summed E-state index contributed by atoms with van der Waals surface area (Å²) in [7, 11) is 0. The van der Waals surface area contributed by atoms with Crippen LogP contribution >= 0.6 is 0 Å². The van der Waals surface area contributed by atoms with Gasteiger partial charge < -0.3 is 19.1 Å². The third kappa shape index (κ3) is 4.56. The molecule has 0 atom stereocenters. The van der Waals surface area contributed by atoms with Crippen LogP contribution in [0.4, 0.5) is 5.69 Å². The van der Waals surface area contributed by atoms with Crippen LogP contribution in [0.25, 0.3) is 11.4 Å². The molecule has 0 spiro atoms. The van der Waals surface area contributed by atoms with Crippen LogP contribution in [0.2, 0.25) is 0 Å². The average molecular weight is 392 g/mol. The summed E-state index contributed by atoms with van der Waals surface area (Å²) in [4.78, 5) is 20.8. The fourth-order valence-corrected chi connectivity index (χ4v) is 3.39. The van der Waals surface area contributed by atoms with Crippen molar-refractivity contribution in [1.82, 2.24) is 15.0 Å². The molecule has 1 aromatic heterocycles. The highest BCUT2D eigenvalue weighted by molar-refractivity contribution is 5.78. The fourth-order valence-electron chi connectivity index (χ4n) is 3.39. The molecule has 0 bridgehead atoms. The van der Waals surface area contributed by atoms with E-state index in [2.05, 4.69) is 27.2 Å². The number of aryl methyl sites for hydroxylation is 2. The molecule has 1 saturated heterocycles. The van der Waals surface area contributed by atoms with E-state index in [-0.39, 0.29) is 12.5 Å². The van der Waals surface area contributed by atoms with E-state index in [9.17, 15) is 4.79 Å². The molecule has 7 nitrogen and oxygen atoms in total. The van der Waals surface area contributed by atoms with Crippen LogP contribution in [0.3, 0.4) is 0 Å². The highest BCUT2D eigenvalue weighted by Crippen LogP contribution is 2.22. The van der Waals surface area contributed by atoms with Gasteiger partial charge in [0.1, 0.15) is 5.75 Å². The zero-order valence-electron chi connectivity index (χ0n) is 16.7. The number of carbonyl (C=O) groups excluding carboxylic acids is 1. The van der Waals surface area contributed by atoms with Crippen molar-refractivity contribution in [1.29, 1.82) is 0 Å². The number of rotatable bonds is 5. The molecule has 150 valence electrons. The van der Waals surface area contributed by atoms with Crippen LogP contribution in [0.5, 0.6) is 5.75 Å². The molecular weight excluding hydrogens is 368 g/mol. The first-order valence-corrected chi connectivity index (χ1v) is 9.71. The maximum atomic E-state index is 12.5. The predicted octanol–water partition coefficient (Wildman–Crippen LogP) is 3.08. The molecule has 0 saturated carbocycles. The topological polar surface area (TPSA) is 71.7 Å². The Morgan fingerprint density at radius 1 is 1.07 bits per heavy atom. The molecule has 3 aromatic rings. The second-order valence-electron chi connectivity index (χ2n) is 7.16. The van der Waals surface area contributed by atoms with Gasteiger partial charge in [0.15, 0.2) is 6.61 Å². The summed E-state index contributed by atoms with van der Waals surface area (Å²) in [5.74, 6) is 1.90. The molecule has 0 N–H and O–H groups in total. The Hall–Kier alpha value is -3.35. The van der Waals surface area contributed by atoms with E-state index in [0.717, 1.165) is 35.7 Å². The van der Waals surface area contributed by atoms with Gasteiger partial charge in [0.25, 0.3) is 5.91 Å². The normalized spacial score (nSPS) is 14.1. The number of carbonyl (C=O) groups is 1. The molecule has 1 aliphatic rings. The van der Waals surface area contributed by atoms with Crippen molar-refractivity contribution in [3.63, 3.8) is 0 Å². The Morgan fingerprint density at radius 3 is 2.48 bits per heavy atom. The first kappa shape index (κ1) is 19.0. The van der Waals surface area contributed by atoms with E-state index in [0.29, 0.717) is 24.8 Å². The summed E-state index contributed by atoms with van der Waals surface area (Å²) in [5, 5.41) is 3.95. The summed E-state index contributed by atoms with van der Waals surface area (Å²) in [6, 6.07) is 15.8. The Kier molecular flexibility index (Phi) is 5.46. The molecule has 1 amide bonds. The molecular formula is C22H24N4O3. The molecule has 29 heavy (non-hydrogen) atoms. The van der Waals surface area contributed by atoms with E-state index >= 15 is 0 Å². The van der Waals surface area contributed by atoms with Gasteiger partial charge in [-0.05, 0) is 48.9 Å². The zero-order valence-corrected chi connectivity index (χ0v) is 16.7. The minimum Gasteiger partial charge on any atom is -0.484 e. The van der Waals surface area contributed by atoms with Gasteiger partial charge in [-0.3, -0.25) is 4.79 Å². The molecule has 7 heteroatoms. The lowest BCUT2D eigenvalue weighted by Crippen LogP contribution is -2.50. The number of benzene rings is 2. The van der Waals surface area contributed by atoms with E-state index < -0.39 is 0 Å². The number of aromatic nitrogens is 2. The predicted molar refractivity (Wildman–Crippen MR) is 110 cm³/mol. The summed E-state index contributed by atoms with van der Waals surface area (Å²) in [6.07, 6.45) is 0. The summed E-state index contributed by atoms with van der Waals surface area (Å²) in [5.41, 5.74) is 3.16. The van der Waals surface area contributed by atoms with Crippen molar-refractivity contribution >= 4 is 11.6 Å². The van der Waals surface area contributed by atoms with Crippen molar-refractivity contribution in [2.45, 2.75) is 13.8 Å². The molecule has 1 aliphatic heterocycles. The number of ether oxygens (including phenoxy) is 1. The van der Waals surface area contributed by atoms with E-state index in [1.54, 1.807) is 6.92 Å². The molecule has 0 aliphatic carbocycles. The Morgan fingerprint density at radius 2 is 1.83 bits per heavy atom. The average Bonchev–Trinajstić information content (AvgIpc) is 3.19. The van der Waals surface area contributed by atoms with Crippen molar-refractivity contribution < 1.29 is 14.1 Å². The second-order valence-corrected chi connectivity index (χ2v) is 7.16. The summed E-state index contributed by atoms with van der Waals surface area (Å²) < 4.78 is 10.7. The van der Waals surface area contributed by atoms with E-state index in [4.69, 9.17) is 9.26 Å². The standard InChI is InChI=1S/C22H24N4O3/c1-16-4-3-5-20(14-16)28-15-21(27)26-12-10-25(11-13-26)19-8-6-18(7-9-19)22-23-17(2)29-24-22/h3-9,14H,10-13,15H2,1-2H3. The third-order valence-electron chi connectivity index (χ3n) is 5.00. The van der Waals surface area contributed by atoms with E-state index in [1.165, 1.54) is 0 Å². The van der Waals surface area contributed by atoms with Crippen molar-refractivity contribution in [3.05, 3.63) is 60.0 Å². The highest BCUT2D eigenvalue weighted by Gasteiger charge is 2.21. The number of anilines is 1. The smallest absolute Gasteiger partial charge is 0.260 e. The maximum Gasteiger partial charge on any atom is 0.260 e. The van der Waals surface area contributed by atoms with Crippen LogP contribution in [0.15, 0.2) is 53.1 Å². The van der Waals surface area contributed by atoms with Crippen molar-refractivity contribution in [3.8, 4) is 17.1 Å². The highest BCUT2D eigenvalue weighted by atomic mass is 16.5. The van der Waals surface area contributed by atoms with Gasteiger partial charge in [-0.15, -0.1) is 0 Å². The lowest BCUT2D eigenvalue weighted by Gasteiger charge is -2.36. The van der Waals surface area contributed by atoms with Gasteiger partial charge in [-0.1, -0.05) is 17.3 Å². The molecule has 0 unspecified atom stereocenters. The SMILES string of the molecule is Cc1cccc(OCC(=O)N2CCN(c3ccc(-c4noc(C)n4)cc3)CC2)c1. The van der Waals surface area contributed by atoms with Crippen LogP contribution in [0.1, 0.15) is 11.5 Å². The molecule has 1 fully saturated rings. The van der Waals surface area contributed by atoms with Crippen LogP contribution < -0.4 is 9.64 Å². The molecule has 2 aromatic carbocycles. The van der Waals surface area contributed by atoms with Crippen molar-refractivity contribution in [2.24, 2.45) is 0 Å². The Bertz CT molecular complexity index is 976. The Labute approximate surface area is 169 Å². The first-order valence-electron chi connectivity index (χ1n) is 9.71. The molecule has 4 rings (SSSR count). The number of piperazine rings is 1. The van der Waals surface area contributed by atoms with Gasteiger partial charge in [0, 0.05) is 44.4 Å². The number of hydrogen-bond acceptors (Lipinski definition) is 6. The van der Waals surface area contributed by atoms with Crippen LogP contribution in [-0.4, -0.2) is 53.7 Å². The number of amides is 1. The van der Waals surface area contributed by atoms with Crippen molar-refractivity contribution in [2.75, 3.05) is 37.7 Å². The van der Waals surface area contributed by atoms with Gasteiger partial charge >= 0.3 is 0 Å². The maximum absolute atomic E-state index is 12.5. The minimum absolute atomic E-state index is 0.0222. The summed E-state index contributed by atoms with van der Waals surface area (Å²) >= 11 is 0. The fraction of sp³-hybridized carbons (Fsp3) is 0.318. The molecule has 2 heterocycles. The second kappa shape index (κ2) is 8.34. The number of nitrogens with zero attached hydrogens (tertiary/aromatic N) is 4. The van der Waals surface area contributed by atoms with E-state index in [1.807, 2.05) is 48.2 Å². The largest absolute Gasteiger partial charge is 0.484 e. The molecule has 0 radical (unpaired) electrons.